The first-order chi connectivity index (χ1) is 12.8. The highest BCUT2D eigenvalue weighted by Crippen LogP contribution is 2.29. The lowest BCUT2D eigenvalue weighted by atomic mass is 9.93. The predicted molar refractivity (Wildman–Crippen MR) is 103 cm³/mol. The van der Waals surface area contributed by atoms with E-state index >= 15 is 0 Å². The number of aliphatic hydroxyl groups excluding tert-OH is 1. The van der Waals surface area contributed by atoms with Crippen molar-refractivity contribution < 1.29 is 5.11 Å². The molecule has 2 aromatic heterocycles. The van der Waals surface area contributed by atoms with Gasteiger partial charge in [0, 0.05) is 31.5 Å². The number of aromatic nitrogens is 3. The summed E-state index contributed by atoms with van der Waals surface area (Å²) in [5.41, 5.74) is 1.83. The molecule has 2 aliphatic rings. The van der Waals surface area contributed by atoms with Gasteiger partial charge in [0.1, 0.15) is 5.82 Å². The standard InChI is InChI=1S/C20H27N5O/c26-16-9-7-15(8-10-16)23-19-17(18-6-2-3-11-21-18)14-22-20(24-19)25-12-4-1-5-13-25/h2-3,6,11,14-16,26H,1,4-5,7-10,12-13H2,(H,22,23,24). The average molecular weight is 353 g/mol. The molecule has 4 rings (SSSR count). The summed E-state index contributed by atoms with van der Waals surface area (Å²) in [6.07, 6.45) is 10.9. The summed E-state index contributed by atoms with van der Waals surface area (Å²) in [7, 11) is 0. The van der Waals surface area contributed by atoms with E-state index in [0.717, 1.165) is 61.8 Å². The first-order valence-electron chi connectivity index (χ1n) is 9.77. The highest BCUT2D eigenvalue weighted by Gasteiger charge is 2.22. The van der Waals surface area contributed by atoms with Crippen LogP contribution in [0.3, 0.4) is 0 Å². The molecule has 0 unspecified atom stereocenters. The number of anilines is 2. The van der Waals surface area contributed by atoms with Crippen molar-refractivity contribution in [1.82, 2.24) is 15.0 Å². The molecule has 2 aromatic rings. The lowest BCUT2D eigenvalue weighted by molar-refractivity contribution is 0.126. The maximum absolute atomic E-state index is 9.77. The van der Waals surface area contributed by atoms with Gasteiger partial charge in [0.15, 0.2) is 0 Å². The zero-order chi connectivity index (χ0) is 17.8. The van der Waals surface area contributed by atoms with Crippen LogP contribution in [-0.2, 0) is 0 Å². The van der Waals surface area contributed by atoms with Gasteiger partial charge in [-0.3, -0.25) is 4.98 Å². The molecular formula is C20H27N5O. The maximum Gasteiger partial charge on any atom is 0.227 e. The van der Waals surface area contributed by atoms with E-state index in [9.17, 15) is 5.11 Å². The number of aliphatic hydroxyl groups is 1. The minimum absolute atomic E-state index is 0.155. The second-order valence-electron chi connectivity index (χ2n) is 7.34. The van der Waals surface area contributed by atoms with E-state index in [4.69, 9.17) is 4.98 Å². The van der Waals surface area contributed by atoms with Crippen molar-refractivity contribution in [1.29, 1.82) is 0 Å². The molecule has 1 saturated carbocycles. The molecule has 3 heterocycles. The second-order valence-corrected chi connectivity index (χ2v) is 7.34. The normalized spacial score (nSPS) is 23.7. The number of hydrogen-bond donors (Lipinski definition) is 2. The SMILES string of the molecule is OC1CCC(Nc2nc(N3CCCCC3)ncc2-c2ccccn2)CC1. The van der Waals surface area contributed by atoms with E-state index in [1.165, 1.54) is 19.3 Å². The van der Waals surface area contributed by atoms with Crippen LogP contribution >= 0.6 is 0 Å². The number of nitrogens with zero attached hydrogens (tertiary/aromatic N) is 4. The van der Waals surface area contributed by atoms with Crippen molar-refractivity contribution in [2.75, 3.05) is 23.3 Å². The Morgan fingerprint density at radius 3 is 2.54 bits per heavy atom. The van der Waals surface area contributed by atoms with Crippen LogP contribution in [0.1, 0.15) is 44.9 Å². The van der Waals surface area contributed by atoms with E-state index in [1.807, 2.05) is 24.4 Å². The summed E-state index contributed by atoms with van der Waals surface area (Å²) >= 11 is 0. The third-order valence-electron chi connectivity index (χ3n) is 5.39. The van der Waals surface area contributed by atoms with Gasteiger partial charge >= 0.3 is 0 Å². The monoisotopic (exact) mass is 353 g/mol. The largest absolute Gasteiger partial charge is 0.393 e. The Bertz CT molecular complexity index is 709. The third-order valence-corrected chi connectivity index (χ3v) is 5.39. The Labute approximate surface area is 154 Å². The van der Waals surface area contributed by atoms with Crippen molar-refractivity contribution in [2.24, 2.45) is 0 Å². The zero-order valence-corrected chi connectivity index (χ0v) is 15.1. The quantitative estimate of drug-likeness (QED) is 0.879. The minimum Gasteiger partial charge on any atom is -0.393 e. The van der Waals surface area contributed by atoms with Crippen LogP contribution in [0.15, 0.2) is 30.6 Å². The van der Waals surface area contributed by atoms with Gasteiger partial charge in [-0.2, -0.15) is 4.98 Å². The third kappa shape index (κ3) is 3.96. The van der Waals surface area contributed by atoms with Crippen LogP contribution < -0.4 is 10.2 Å². The van der Waals surface area contributed by atoms with Crippen LogP contribution in [0.2, 0.25) is 0 Å². The molecule has 6 nitrogen and oxygen atoms in total. The number of hydrogen-bond acceptors (Lipinski definition) is 6. The molecular weight excluding hydrogens is 326 g/mol. The lowest BCUT2D eigenvalue weighted by Crippen LogP contribution is -2.32. The summed E-state index contributed by atoms with van der Waals surface area (Å²) in [6, 6.07) is 6.24. The number of piperidine rings is 1. The van der Waals surface area contributed by atoms with E-state index in [0.29, 0.717) is 6.04 Å². The molecule has 1 aliphatic carbocycles. The Kier molecular flexibility index (Phi) is 5.29. The van der Waals surface area contributed by atoms with Crippen molar-refractivity contribution in [3.8, 4) is 11.3 Å². The first kappa shape index (κ1) is 17.2. The molecule has 2 N–H and O–H groups in total. The summed E-state index contributed by atoms with van der Waals surface area (Å²) in [5.74, 6) is 1.67. The zero-order valence-electron chi connectivity index (χ0n) is 15.1. The van der Waals surface area contributed by atoms with Crippen molar-refractivity contribution >= 4 is 11.8 Å². The molecule has 26 heavy (non-hydrogen) atoms. The average Bonchev–Trinajstić information content (AvgIpc) is 2.71. The van der Waals surface area contributed by atoms with Gasteiger partial charge in [-0.1, -0.05) is 6.07 Å². The smallest absolute Gasteiger partial charge is 0.227 e. The maximum atomic E-state index is 9.77. The van der Waals surface area contributed by atoms with Gasteiger partial charge in [0.25, 0.3) is 0 Å². The number of rotatable bonds is 4. The molecule has 6 heteroatoms. The summed E-state index contributed by atoms with van der Waals surface area (Å²) in [5, 5.41) is 13.4. The lowest BCUT2D eigenvalue weighted by Gasteiger charge is -2.29. The van der Waals surface area contributed by atoms with Gasteiger partial charge in [0.2, 0.25) is 5.95 Å². The minimum atomic E-state index is -0.155. The summed E-state index contributed by atoms with van der Waals surface area (Å²) in [6.45, 7) is 2.05. The molecule has 1 saturated heterocycles. The highest BCUT2D eigenvalue weighted by atomic mass is 16.3. The van der Waals surface area contributed by atoms with Crippen molar-refractivity contribution in [3.63, 3.8) is 0 Å². The second kappa shape index (κ2) is 7.99. The molecule has 0 spiro atoms. The van der Waals surface area contributed by atoms with Crippen molar-refractivity contribution in [2.45, 2.75) is 57.1 Å². The Hall–Kier alpha value is -2.21. The summed E-state index contributed by atoms with van der Waals surface area (Å²) < 4.78 is 0. The summed E-state index contributed by atoms with van der Waals surface area (Å²) in [4.78, 5) is 16.3. The van der Waals surface area contributed by atoms with Gasteiger partial charge in [-0.05, 0) is 57.1 Å². The van der Waals surface area contributed by atoms with Gasteiger partial charge in [0.05, 0.1) is 17.4 Å². The van der Waals surface area contributed by atoms with E-state index in [2.05, 4.69) is 20.2 Å². The van der Waals surface area contributed by atoms with Crippen LogP contribution in [0.25, 0.3) is 11.3 Å². The van der Waals surface area contributed by atoms with Crippen LogP contribution in [-0.4, -0.2) is 45.3 Å². The first-order valence-corrected chi connectivity index (χ1v) is 9.77. The van der Waals surface area contributed by atoms with E-state index in [1.54, 1.807) is 6.20 Å². The topological polar surface area (TPSA) is 74.2 Å². The molecule has 138 valence electrons. The van der Waals surface area contributed by atoms with Crippen LogP contribution in [0.4, 0.5) is 11.8 Å². The molecule has 0 bridgehead atoms. The fraction of sp³-hybridized carbons (Fsp3) is 0.550. The van der Waals surface area contributed by atoms with Gasteiger partial charge < -0.3 is 15.3 Å². The molecule has 1 aliphatic heterocycles. The molecule has 0 aromatic carbocycles. The van der Waals surface area contributed by atoms with Crippen molar-refractivity contribution in [3.05, 3.63) is 30.6 Å². The molecule has 2 fully saturated rings. The van der Waals surface area contributed by atoms with Crippen LogP contribution in [0.5, 0.6) is 0 Å². The number of pyridine rings is 1. The Balaban J connectivity index is 1.62. The Morgan fingerprint density at radius 1 is 1.00 bits per heavy atom. The van der Waals surface area contributed by atoms with E-state index in [-0.39, 0.29) is 6.10 Å². The molecule has 0 amide bonds. The van der Waals surface area contributed by atoms with Gasteiger partial charge in [-0.25, -0.2) is 4.98 Å². The number of nitrogens with one attached hydrogen (secondary N) is 1. The molecule has 0 atom stereocenters. The fourth-order valence-corrected chi connectivity index (χ4v) is 3.85. The Morgan fingerprint density at radius 2 is 1.81 bits per heavy atom. The highest BCUT2D eigenvalue weighted by molar-refractivity contribution is 5.72. The predicted octanol–water partition coefficient (Wildman–Crippen LogP) is 3.24. The fourth-order valence-electron chi connectivity index (χ4n) is 3.85. The van der Waals surface area contributed by atoms with Crippen LogP contribution in [0, 0.1) is 0 Å². The molecule has 0 radical (unpaired) electrons. The van der Waals surface area contributed by atoms with Gasteiger partial charge in [-0.15, -0.1) is 0 Å². The van der Waals surface area contributed by atoms with E-state index < -0.39 is 0 Å².